The van der Waals surface area contributed by atoms with Gasteiger partial charge in [-0.25, -0.2) is 0 Å². The molecule has 0 aromatic heterocycles. The lowest BCUT2D eigenvalue weighted by atomic mass is 10.1. The quantitative estimate of drug-likeness (QED) is 0.786. The number of methoxy groups -OCH3 is 1. The second kappa shape index (κ2) is 5.90. The molecule has 1 aromatic rings. The van der Waals surface area contributed by atoms with Crippen molar-refractivity contribution >= 4 is 17.3 Å². The van der Waals surface area contributed by atoms with E-state index in [-0.39, 0.29) is 0 Å². The molecule has 0 atom stereocenters. The van der Waals surface area contributed by atoms with E-state index >= 15 is 0 Å². The molecule has 0 fully saturated rings. The monoisotopic (exact) mass is 262 g/mol. The molecule has 1 aliphatic heterocycles. The van der Waals surface area contributed by atoms with Gasteiger partial charge in [-0.1, -0.05) is 17.7 Å². The highest BCUT2D eigenvalue weighted by atomic mass is 35.5. The Kier molecular flexibility index (Phi) is 4.24. The van der Waals surface area contributed by atoms with Crippen molar-refractivity contribution in [2.24, 2.45) is 0 Å². The minimum absolute atomic E-state index is 0.515. The van der Waals surface area contributed by atoms with Gasteiger partial charge in [0.2, 0.25) is 0 Å². The molecule has 3 nitrogen and oxygen atoms in total. The van der Waals surface area contributed by atoms with Crippen LogP contribution in [-0.2, 0) is 4.74 Å². The van der Waals surface area contributed by atoms with Crippen molar-refractivity contribution in [2.45, 2.75) is 6.42 Å². The molecular weight excluding hydrogens is 248 g/mol. The maximum absolute atomic E-state index is 8.84. The van der Waals surface area contributed by atoms with E-state index in [1.807, 2.05) is 12.1 Å². The summed E-state index contributed by atoms with van der Waals surface area (Å²) in [7, 11) is 1.72. The van der Waals surface area contributed by atoms with Gasteiger partial charge in [-0.05, 0) is 30.2 Å². The summed E-state index contributed by atoms with van der Waals surface area (Å²) in [5.41, 5.74) is 2.92. The number of hydrogen-bond donors (Lipinski definition) is 0. The van der Waals surface area contributed by atoms with Gasteiger partial charge in [0.1, 0.15) is 6.07 Å². The number of nitriles is 1. The number of rotatable bonds is 3. The van der Waals surface area contributed by atoms with E-state index < -0.39 is 0 Å². The van der Waals surface area contributed by atoms with E-state index in [0.29, 0.717) is 17.2 Å². The summed E-state index contributed by atoms with van der Waals surface area (Å²) in [6, 6.07) is 7.64. The number of halogens is 1. The van der Waals surface area contributed by atoms with Gasteiger partial charge in [0, 0.05) is 25.9 Å². The summed E-state index contributed by atoms with van der Waals surface area (Å²) in [6.45, 7) is 2.53. The van der Waals surface area contributed by atoms with Gasteiger partial charge in [-0.15, -0.1) is 0 Å². The van der Waals surface area contributed by atoms with Gasteiger partial charge in [0.15, 0.2) is 0 Å². The van der Waals surface area contributed by atoms with E-state index in [9.17, 15) is 0 Å². The summed E-state index contributed by atoms with van der Waals surface area (Å²) in [6.07, 6.45) is 3.20. The topological polar surface area (TPSA) is 36.3 Å². The summed E-state index contributed by atoms with van der Waals surface area (Å²) in [4.78, 5) is 2.24. The molecule has 0 radical (unpaired) electrons. The summed E-state index contributed by atoms with van der Waals surface area (Å²) < 4.78 is 5.13. The zero-order chi connectivity index (χ0) is 13.0. The van der Waals surface area contributed by atoms with Gasteiger partial charge >= 0.3 is 0 Å². The molecule has 0 saturated heterocycles. The summed E-state index contributed by atoms with van der Waals surface area (Å²) in [5, 5.41) is 9.36. The van der Waals surface area contributed by atoms with Crippen molar-refractivity contribution in [3.05, 3.63) is 40.4 Å². The highest BCUT2D eigenvalue weighted by Crippen LogP contribution is 2.25. The Morgan fingerprint density at radius 2 is 2.33 bits per heavy atom. The number of anilines is 1. The van der Waals surface area contributed by atoms with Crippen LogP contribution in [0.5, 0.6) is 0 Å². The third-order valence-corrected chi connectivity index (χ3v) is 3.38. The molecule has 4 heteroatoms. The Hall–Kier alpha value is -1.50. The Balaban J connectivity index is 2.10. The van der Waals surface area contributed by atoms with Crippen LogP contribution in [0, 0.1) is 11.3 Å². The Labute approximate surface area is 112 Å². The maximum Gasteiger partial charge on any atom is 0.101 e. The molecule has 1 aromatic carbocycles. The molecule has 0 saturated carbocycles. The first-order valence-electron chi connectivity index (χ1n) is 5.86. The van der Waals surface area contributed by atoms with Crippen LogP contribution in [0.3, 0.4) is 0 Å². The molecule has 0 bridgehead atoms. The fraction of sp³-hybridized carbons (Fsp3) is 0.357. The Bertz CT molecular complexity index is 505. The van der Waals surface area contributed by atoms with E-state index in [1.54, 1.807) is 13.2 Å². The predicted molar refractivity (Wildman–Crippen MR) is 73.0 cm³/mol. The summed E-state index contributed by atoms with van der Waals surface area (Å²) in [5.74, 6) is 0. The van der Waals surface area contributed by atoms with E-state index in [4.69, 9.17) is 21.6 Å². The number of hydrogen-bond acceptors (Lipinski definition) is 3. The first-order chi connectivity index (χ1) is 8.74. The van der Waals surface area contributed by atoms with Gasteiger partial charge in [0.05, 0.1) is 17.2 Å². The summed E-state index contributed by atoms with van der Waals surface area (Å²) >= 11 is 6.04. The Morgan fingerprint density at radius 1 is 1.50 bits per heavy atom. The Morgan fingerprint density at radius 3 is 2.89 bits per heavy atom. The number of benzene rings is 1. The van der Waals surface area contributed by atoms with Crippen LogP contribution in [0.25, 0.3) is 0 Å². The predicted octanol–water partition coefficient (Wildman–Crippen LogP) is 2.99. The molecule has 0 aliphatic carbocycles. The molecule has 1 aliphatic rings. The third-order valence-electron chi connectivity index (χ3n) is 3.07. The standard InChI is InChI=1S/C14H15ClN2O/c1-18-10-11-4-6-17(7-5-11)13-3-2-12(9-16)14(15)8-13/h2-4,8H,5-7,10H2,1H3. The molecule has 0 spiro atoms. The number of ether oxygens (including phenoxy) is 1. The zero-order valence-electron chi connectivity index (χ0n) is 10.3. The van der Waals surface area contributed by atoms with Crippen molar-refractivity contribution in [1.82, 2.24) is 0 Å². The van der Waals surface area contributed by atoms with Crippen molar-refractivity contribution < 1.29 is 4.74 Å². The van der Waals surface area contributed by atoms with E-state index in [0.717, 1.165) is 25.2 Å². The normalized spacial score (nSPS) is 15.2. The second-order valence-corrected chi connectivity index (χ2v) is 4.67. The van der Waals surface area contributed by atoms with Crippen LogP contribution < -0.4 is 4.90 Å². The molecule has 2 rings (SSSR count). The fourth-order valence-corrected chi connectivity index (χ4v) is 2.27. The fourth-order valence-electron chi connectivity index (χ4n) is 2.05. The van der Waals surface area contributed by atoms with Gasteiger partial charge in [-0.2, -0.15) is 5.26 Å². The van der Waals surface area contributed by atoms with Crippen molar-refractivity contribution in [3.63, 3.8) is 0 Å². The van der Waals surface area contributed by atoms with Crippen molar-refractivity contribution in [2.75, 3.05) is 31.7 Å². The van der Waals surface area contributed by atoms with Gasteiger partial charge in [-0.3, -0.25) is 0 Å². The smallest absolute Gasteiger partial charge is 0.101 e. The minimum atomic E-state index is 0.515. The van der Waals surface area contributed by atoms with Crippen LogP contribution in [0.15, 0.2) is 29.8 Å². The van der Waals surface area contributed by atoms with Gasteiger partial charge in [0.25, 0.3) is 0 Å². The molecule has 0 N–H and O–H groups in total. The van der Waals surface area contributed by atoms with E-state index in [1.165, 1.54) is 5.57 Å². The van der Waals surface area contributed by atoms with Crippen molar-refractivity contribution in [3.8, 4) is 6.07 Å². The largest absolute Gasteiger partial charge is 0.380 e. The molecule has 0 unspecified atom stereocenters. The van der Waals surface area contributed by atoms with Crippen LogP contribution in [0.1, 0.15) is 12.0 Å². The lowest BCUT2D eigenvalue weighted by Gasteiger charge is -2.28. The van der Waals surface area contributed by atoms with Crippen LogP contribution in [0.2, 0.25) is 5.02 Å². The minimum Gasteiger partial charge on any atom is -0.380 e. The van der Waals surface area contributed by atoms with Crippen LogP contribution in [-0.4, -0.2) is 26.8 Å². The van der Waals surface area contributed by atoms with Gasteiger partial charge < -0.3 is 9.64 Å². The molecule has 18 heavy (non-hydrogen) atoms. The lowest BCUT2D eigenvalue weighted by Crippen LogP contribution is -2.29. The average molecular weight is 263 g/mol. The third kappa shape index (κ3) is 2.84. The molecule has 1 heterocycles. The first kappa shape index (κ1) is 12.9. The highest BCUT2D eigenvalue weighted by molar-refractivity contribution is 6.32. The molecular formula is C14H15ClN2O. The van der Waals surface area contributed by atoms with Crippen LogP contribution in [0.4, 0.5) is 5.69 Å². The SMILES string of the molecule is COCC1=CCN(c2ccc(C#N)c(Cl)c2)CC1. The molecule has 94 valence electrons. The first-order valence-corrected chi connectivity index (χ1v) is 6.24. The number of nitrogens with zero attached hydrogens (tertiary/aromatic N) is 2. The average Bonchev–Trinajstić information content (AvgIpc) is 2.40. The molecule has 0 amide bonds. The maximum atomic E-state index is 8.84. The van der Waals surface area contributed by atoms with Crippen LogP contribution >= 0.6 is 11.6 Å². The van der Waals surface area contributed by atoms with Crippen molar-refractivity contribution in [1.29, 1.82) is 5.26 Å². The lowest BCUT2D eigenvalue weighted by molar-refractivity contribution is 0.222. The van der Waals surface area contributed by atoms with E-state index in [2.05, 4.69) is 17.0 Å². The highest BCUT2D eigenvalue weighted by Gasteiger charge is 2.13. The second-order valence-electron chi connectivity index (χ2n) is 4.27. The zero-order valence-corrected chi connectivity index (χ0v) is 11.1.